The molecule has 1 fully saturated rings. The van der Waals surface area contributed by atoms with Gasteiger partial charge in [-0.1, -0.05) is 27.2 Å². The summed E-state index contributed by atoms with van der Waals surface area (Å²) in [5.74, 6) is 2.41. The third-order valence-corrected chi connectivity index (χ3v) is 5.35. The van der Waals surface area contributed by atoms with Crippen LogP contribution in [0.4, 0.5) is 0 Å². The van der Waals surface area contributed by atoms with Gasteiger partial charge >= 0.3 is 0 Å². The van der Waals surface area contributed by atoms with Crippen molar-refractivity contribution in [3.05, 3.63) is 0 Å². The van der Waals surface area contributed by atoms with E-state index >= 15 is 0 Å². The Balaban J connectivity index is 2.43. The Kier molecular flexibility index (Phi) is 5.93. The second-order valence-corrected chi connectivity index (χ2v) is 7.99. The molecule has 1 rings (SSSR count). The van der Waals surface area contributed by atoms with Gasteiger partial charge in [-0.15, -0.1) is 0 Å². The Hall–Kier alpha value is -0.0900. The first kappa shape index (κ1) is 15.0. The smallest absolute Gasteiger partial charge is 0.150 e. The topological polar surface area (TPSA) is 46.2 Å². The molecular weight excluding hydrogens is 234 g/mol. The molecule has 17 heavy (non-hydrogen) atoms. The summed E-state index contributed by atoms with van der Waals surface area (Å²) in [5, 5.41) is 3.48. The van der Waals surface area contributed by atoms with Crippen LogP contribution < -0.4 is 5.32 Å². The summed E-state index contributed by atoms with van der Waals surface area (Å²) in [6, 6.07) is 0. The Morgan fingerprint density at radius 3 is 2.47 bits per heavy atom. The van der Waals surface area contributed by atoms with Gasteiger partial charge in [-0.3, -0.25) is 0 Å². The van der Waals surface area contributed by atoms with Crippen molar-refractivity contribution in [1.82, 2.24) is 5.32 Å². The SMILES string of the molecule is CCCC(CNCC(C)C)C1CCS(=O)(=O)C1. The lowest BCUT2D eigenvalue weighted by Crippen LogP contribution is -2.31. The van der Waals surface area contributed by atoms with Crippen LogP contribution >= 0.6 is 0 Å². The molecule has 0 radical (unpaired) electrons. The van der Waals surface area contributed by atoms with E-state index in [-0.39, 0.29) is 0 Å². The summed E-state index contributed by atoms with van der Waals surface area (Å²) in [6.45, 7) is 8.58. The lowest BCUT2D eigenvalue weighted by atomic mass is 9.88. The zero-order valence-electron chi connectivity index (χ0n) is 11.4. The maximum Gasteiger partial charge on any atom is 0.150 e. The van der Waals surface area contributed by atoms with Gasteiger partial charge in [-0.05, 0) is 43.7 Å². The van der Waals surface area contributed by atoms with Crippen LogP contribution in [0.1, 0.15) is 40.0 Å². The molecule has 0 aromatic rings. The molecule has 0 aromatic heterocycles. The van der Waals surface area contributed by atoms with Crippen molar-refractivity contribution >= 4 is 9.84 Å². The monoisotopic (exact) mass is 261 g/mol. The van der Waals surface area contributed by atoms with Gasteiger partial charge < -0.3 is 5.32 Å². The number of sulfone groups is 1. The number of hydrogen-bond donors (Lipinski definition) is 1. The summed E-state index contributed by atoms with van der Waals surface area (Å²) in [4.78, 5) is 0. The van der Waals surface area contributed by atoms with Crippen LogP contribution in [0.5, 0.6) is 0 Å². The molecule has 0 spiro atoms. The van der Waals surface area contributed by atoms with Crippen LogP contribution in [0.2, 0.25) is 0 Å². The third-order valence-electron chi connectivity index (χ3n) is 3.55. The van der Waals surface area contributed by atoms with Crippen molar-refractivity contribution in [2.24, 2.45) is 17.8 Å². The number of rotatable bonds is 7. The minimum atomic E-state index is -2.73. The minimum Gasteiger partial charge on any atom is -0.316 e. The quantitative estimate of drug-likeness (QED) is 0.763. The van der Waals surface area contributed by atoms with E-state index in [2.05, 4.69) is 26.1 Å². The van der Waals surface area contributed by atoms with Crippen molar-refractivity contribution < 1.29 is 8.42 Å². The van der Waals surface area contributed by atoms with E-state index in [1.54, 1.807) is 0 Å². The van der Waals surface area contributed by atoms with Gasteiger partial charge in [0.1, 0.15) is 0 Å². The van der Waals surface area contributed by atoms with E-state index in [1.807, 2.05) is 0 Å². The van der Waals surface area contributed by atoms with E-state index in [0.29, 0.717) is 29.3 Å². The summed E-state index contributed by atoms with van der Waals surface area (Å²) in [5.41, 5.74) is 0. The highest BCUT2D eigenvalue weighted by Crippen LogP contribution is 2.28. The molecule has 1 aliphatic heterocycles. The number of nitrogens with one attached hydrogen (secondary N) is 1. The number of hydrogen-bond acceptors (Lipinski definition) is 3. The van der Waals surface area contributed by atoms with Crippen molar-refractivity contribution in [1.29, 1.82) is 0 Å². The molecule has 1 N–H and O–H groups in total. The fraction of sp³-hybridized carbons (Fsp3) is 1.00. The lowest BCUT2D eigenvalue weighted by Gasteiger charge is -2.23. The van der Waals surface area contributed by atoms with E-state index in [4.69, 9.17) is 0 Å². The minimum absolute atomic E-state index is 0.389. The van der Waals surface area contributed by atoms with E-state index < -0.39 is 9.84 Å². The highest BCUT2D eigenvalue weighted by Gasteiger charge is 2.32. The summed E-state index contributed by atoms with van der Waals surface area (Å²) >= 11 is 0. The summed E-state index contributed by atoms with van der Waals surface area (Å²) < 4.78 is 23.0. The average molecular weight is 261 g/mol. The fourth-order valence-electron chi connectivity index (χ4n) is 2.63. The highest BCUT2D eigenvalue weighted by molar-refractivity contribution is 7.91. The Morgan fingerprint density at radius 1 is 1.29 bits per heavy atom. The summed E-state index contributed by atoms with van der Waals surface area (Å²) in [6.07, 6.45) is 3.16. The molecule has 1 saturated heterocycles. The van der Waals surface area contributed by atoms with Crippen LogP contribution in [-0.2, 0) is 9.84 Å². The standard InChI is InChI=1S/C13H27NO2S/c1-4-5-12(9-14-8-11(2)3)13-6-7-17(15,16)10-13/h11-14H,4-10H2,1-3H3. The first-order valence-corrected chi connectivity index (χ1v) is 8.68. The molecule has 0 amide bonds. The Bertz CT molecular complexity index is 311. The van der Waals surface area contributed by atoms with Crippen molar-refractivity contribution in [2.45, 2.75) is 40.0 Å². The maximum absolute atomic E-state index is 11.5. The van der Waals surface area contributed by atoms with Gasteiger partial charge in [0.05, 0.1) is 11.5 Å². The van der Waals surface area contributed by atoms with E-state index in [1.165, 1.54) is 0 Å². The van der Waals surface area contributed by atoms with Gasteiger partial charge in [0.2, 0.25) is 0 Å². The van der Waals surface area contributed by atoms with Crippen molar-refractivity contribution in [3.8, 4) is 0 Å². The fourth-order valence-corrected chi connectivity index (χ4v) is 4.55. The first-order valence-electron chi connectivity index (χ1n) is 6.85. The molecule has 0 saturated carbocycles. The Morgan fingerprint density at radius 2 is 2.00 bits per heavy atom. The average Bonchev–Trinajstić information content (AvgIpc) is 2.57. The summed E-state index contributed by atoms with van der Waals surface area (Å²) in [7, 11) is -2.73. The van der Waals surface area contributed by atoms with Crippen molar-refractivity contribution in [2.75, 3.05) is 24.6 Å². The second kappa shape index (κ2) is 6.74. The molecule has 1 heterocycles. The van der Waals surface area contributed by atoms with Crippen LogP contribution in [0.25, 0.3) is 0 Å². The Labute approximate surface area is 106 Å². The molecule has 0 bridgehead atoms. The predicted octanol–water partition coefficient (Wildman–Crippen LogP) is 2.08. The molecule has 0 aliphatic carbocycles. The maximum atomic E-state index is 11.5. The largest absolute Gasteiger partial charge is 0.316 e. The van der Waals surface area contributed by atoms with E-state index in [0.717, 1.165) is 32.4 Å². The molecular formula is C13H27NO2S. The first-order chi connectivity index (χ1) is 7.94. The van der Waals surface area contributed by atoms with Crippen LogP contribution in [0.15, 0.2) is 0 Å². The molecule has 2 unspecified atom stereocenters. The van der Waals surface area contributed by atoms with Gasteiger partial charge in [0, 0.05) is 0 Å². The van der Waals surface area contributed by atoms with Crippen LogP contribution in [0.3, 0.4) is 0 Å². The molecule has 0 aromatic carbocycles. The van der Waals surface area contributed by atoms with Crippen molar-refractivity contribution in [3.63, 3.8) is 0 Å². The van der Waals surface area contributed by atoms with Gasteiger partial charge in [-0.25, -0.2) is 8.42 Å². The third kappa shape index (κ3) is 5.38. The molecule has 4 heteroatoms. The van der Waals surface area contributed by atoms with Gasteiger partial charge in [0.15, 0.2) is 9.84 Å². The molecule has 1 aliphatic rings. The molecule has 102 valence electrons. The van der Waals surface area contributed by atoms with Crippen LogP contribution in [-0.4, -0.2) is 33.0 Å². The molecule has 3 nitrogen and oxygen atoms in total. The zero-order chi connectivity index (χ0) is 12.9. The normalized spacial score (nSPS) is 25.3. The van der Waals surface area contributed by atoms with E-state index in [9.17, 15) is 8.42 Å². The van der Waals surface area contributed by atoms with Crippen LogP contribution in [0, 0.1) is 17.8 Å². The lowest BCUT2D eigenvalue weighted by molar-refractivity contribution is 0.317. The second-order valence-electron chi connectivity index (χ2n) is 5.76. The zero-order valence-corrected chi connectivity index (χ0v) is 12.2. The predicted molar refractivity (Wildman–Crippen MR) is 72.9 cm³/mol. The highest BCUT2D eigenvalue weighted by atomic mass is 32.2. The van der Waals surface area contributed by atoms with Gasteiger partial charge in [-0.2, -0.15) is 0 Å². The molecule has 2 atom stereocenters. The van der Waals surface area contributed by atoms with Gasteiger partial charge in [0.25, 0.3) is 0 Å².